The second-order valence-electron chi connectivity index (χ2n) is 5.62. The molecule has 1 heterocycles. The Kier molecular flexibility index (Phi) is 3.98. The quantitative estimate of drug-likeness (QED) is 0.793. The largest absolute Gasteiger partial charge is 0.322 e. The maximum atomic E-state index is 12.6. The average Bonchev–Trinajstić information content (AvgIpc) is 2.83. The molecule has 0 saturated carbocycles. The van der Waals surface area contributed by atoms with Crippen molar-refractivity contribution in [2.24, 2.45) is 0 Å². The first kappa shape index (κ1) is 15.0. The number of amides is 1. The van der Waals surface area contributed by atoms with Crippen molar-refractivity contribution in [3.63, 3.8) is 0 Å². The van der Waals surface area contributed by atoms with E-state index in [0.29, 0.717) is 5.56 Å². The van der Waals surface area contributed by atoms with Gasteiger partial charge in [-0.1, -0.05) is 30.3 Å². The second-order valence-corrected chi connectivity index (χ2v) is 5.62. The highest BCUT2D eigenvalue weighted by Crippen LogP contribution is 2.19. The monoisotopic (exact) mass is 305 g/mol. The Morgan fingerprint density at radius 3 is 2.43 bits per heavy atom. The van der Waals surface area contributed by atoms with Crippen molar-refractivity contribution in [1.82, 2.24) is 9.78 Å². The van der Waals surface area contributed by atoms with Crippen molar-refractivity contribution in [1.29, 1.82) is 0 Å². The lowest BCUT2D eigenvalue weighted by Gasteiger charge is -2.07. The zero-order valence-electron chi connectivity index (χ0n) is 13.5. The maximum absolute atomic E-state index is 12.6. The molecule has 23 heavy (non-hydrogen) atoms. The van der Waals surface area contributed by atoms with Gasteiger partial charge in [-0.25, -0.2) is 4.68 Å². The highest BCUT2D eigenvalue weighted by molar-refractivity contribution is 6.06. The molecule has 1 aromatic heterocycles. The molecular weight excluding hydrogens is 286 g/mol. The summed E-state index contributed by atoms with van der Waals surface area (Å²) in [6, 6.07) is 17.6. The SMILES string of the molecule is Cc1cccc(NC(=O)c2c(C)nn(-c3ccccc3)c2C)c1. The number of hydrogen-bond donors (Lipinski definition) is 1. The van der Waals surface area contributed by atoms with Gasteiger partial charge in [0.25, 0.3) is 5.91 Å². The molecule has 0 aliphatic heterocycles. The molecule has 4 heteroatoms. The number of carbonyl (C=O) groups excluding carboxylic acids is 1. The molecule has 4 nitrogen and oxygen atoms in total. The van der Waals surface area contributed by atoms with E-state index < -0.39 is 0 Å². The number of nitrogens with one attached hydrogen (secondary N) is 1. The van der Waals surface area contributed by atoms with Gasteiger partial charge in [-0.05, 0) is 50.6 Å². The average molecular weight is 305 g/mol. The molecule has 3 aromatic rings. The van der Waals surface area contributed by atoms with Crippen molar-refractivity contribution < 1.29 is 4.79 Å². The summed E-state index contributed by atoms with van der Waals surface area (Å²) in [7, 11) is 0. The van der Waals surface area contributed by atoms with E-state index in [-0.39, 0.29) is 5.91 Å². The van der Waals surface area contributed by atoms with E-state index >= 15 is 0 Å². The molecule has 0 aliphatic rings. The van der Waals surface area contributed by atoms with Crippen molar-refractivity contribution in [3.05, 3.63) is 77.1 Å². The lowest BCUT2D eigenvalue weighted by atomic mass is 10.1. The first-order valence-electron chi connectivity index (χ1n) is 7.56. The molecule has 116 valence electrons. The molecule has 3 rings (SSSR count). The minimum Gasteiger partial charge on any atom is -0.322 e. The number of aromatic nitrogens is 2. The van der Waals surface area contributed by atoms with E-state index in [9.17, 15) is 4.79 Å². The summed E-state index contributed by atoms with van der Waals surface area (Å²) in [5, 5.41) is 7.47. The Balaban J connectivity index is 1.94. The lowest BCUT2D eigenvalue weighted by molar-refractivity contribution is 0.102. The van der Waals surface area contributed by atoms with Crippen LogP contribution in [-0.2, 0) is 0 Å². The highest BCUT2D eigenvalue weighted by Gasteiger charge is 2.19. The molecule has 0 aliphatic carbocycles. The summed E-state index contributed by atoms with van der Waals surface area (Å²) >= 11 is 0. The molecule has 0 bridgehead atoms. The summed E-state index contributed by atoms with van der Waals surface area (Å²) in [5.74, 6) is -0.132. The van der Waals surface area contributed by atoms with Crippen molar-refractivity contribution >= 4 is 11.6 Å². The van der Waals surface area contributed by atoms with Crippen LogP contribution < -0.4 is 5.32 Å². The first-order valence-corrected chi connectivity index (χ1v) is 7.56. The molecule has 0 spiro atoms. The summed E-state index contributed by atoms with van der Waals surface area (Å²) in [6.45, 7) is 5.77. The van der Waals surface area contributed by atoms with E-state index in [1.54, 1.807) is 4.68 Å². The van der Waals surface area contributed by atoms with Crippen LogP contribution in [0.5, 0.6) is 0 Å². The van der Waals surface area contributed by atoms with Gasteiger partial charge in [-0.3, -0.25) is 4.79 Å². The van der Waals surface area contributed by atoms with Crippen LogP contribution in [0.1, 0.15) is 27.3 Å². The highest BCUT2D eigenvalue weighted by atomic mass is 16.1. The molecule has 0 atom stereocenters. The lowest BCUT2D eigenvalue weighted by Crippen LogP contribution is -2.14. The van der Waals surface area contributed by atoms with E-state index in [0.717, 1.165) is 28.3 Å². The number of anilines is 1. The maximum Gasteiger partial charge on any atom is 0.259 e. The minimum atomic E-state index is -0.132. The topological polar surface area (TPSA) is 46.9 Å². The van der Waals surface area contributed by atoms with Gasteiger partial charge in [-0.2, -0.15) is 5.10 Å². The zero-order chi connectivity index (χ0) is 16.4. The fourth-order valence-electron chi connectivity index (χ4n) is 2.71. The summed E-state index contributed by atoms with van der Waals surface area (Å²) < 4.78 is 1.81. The van der Waals surface area contributed by atoms with Crippen LogP contribution in [0.25, 0.3) is 5.69 Å². The fourth-order valence-corrected chi connectivity index (χ4v) is 2.71. The first-order chi connectivity index (χ1) is 11.1. The molecule has 0 fully saturated rings. The van der Waals surface area contributed by atoms with Gasteiger partial charge < -0.3 is 5.32 Å². The summed E-state index contributed by atoms with van der Waals surface area (Å²) in [4.78, 5) is 12.6. The zero-order valence-corrected chi connectivity index (χ0v) is 13.5. The normalized spacial score (nSPS) is 10.6. The Morgan fingerprint density at radius 2 is 1.74 bits per heavy atom. The van der Waals surface area contributed by atoms with Gasteiger partial charge in [0.2, 0.25) is 0 Å². The Labute approximate surface area is 135 Å². The van der Waals surface area contributed by atoms with E-state index in [2.05, 4.69) is 10.4 Å². The Morgan fingerprint density at radius 1 is 1.00 bits per heavy atom. The van der Waals surface area contributed by atoms with Crippen LogP contribution in [0.15, 0.2) is 54.6 Å². The van der Waals surface area contributed by atoms with Gasteiger partial charge in [0, 0.05) is 5.69 Å². The second kappa shape index (κ2) is 6.08. The van der Waals surface area contributed by atoms with Gasteiger partial charge in [0.1, 0.15) is 0 Å². The number of nitrogens with zero attached hydrogens (tertiary/aromatic N) is 2. The minimum absolute atomic E-state index is 0.132. The predicted molar refractivity (Wildman–Crippen MR) is 92.2 cm³/mol. The third-order valence-electron chi connectivity index (χ3n) is 3.80. The van der Waals surface area contributed by atoms with Gasteiger partial charge >= 0.3 is 0 Å². The van der Waals surface area contributed by atoms with Gasteiger partial charge in [0.05, 0.1) is 22.6 Å². The molecular formula is C19H19N3O. The third kappa shape index (κ3) is 3.01. The molecule has 1 N–H and O–H groups in total. The van der Waals surface area contributed by atoms with Gasteiger partial charge in [-0.15, -0.1) is 0 Å². The van der Waals surface area contributed by atoms with Crippen molar-refractivity contribution in [2.45, 2.75) is 20.8 Å². The Bertz CT molecular complexity index is 850. The number of hydrogen-bond acceptors (Lipinski definition) is 2. The molecule has 0 saturated heterocycles. The third-order valence-corrected chi connectivity index (χ3v) is 3.80. The van der Waals surface area contributed by atoms with Crippen LogP contribution >= 0.6 is 0 Å². The van der Waals surface area contributed by atoms with E-state index in [1.165, 1.54) is 0 Å². The van der Waals surface area contributed by atoms with Gasteiger partial charge in [0.15, 0.2) is 0 Å². The number of rotatable bonds is 3. The number of carbonyl (C=O) groups is 1. The summed E-state index contributed by atoms with van der Waals surface area (Å²) in [5.41, 5.74) is 5.02. The number of aryl methyl sites for hydroxylation is 2. The fraction of sp³-hybridized carbons (Fsp3) is 0.158. The molecule has 2 aromatic carbocycles. The molecule has 0 radical (unpaired) electrons. The number of para-hydroxylation sites is 1. The smallest absolute Gasteiger partial charge is 0.259 e. The van der Waals surface area contributed by atoms with Crippen LogP contribution in [0.4, 0.5) is 5.69 Å². The standard InChI is InChI=1S/C19H19N3O/c1-13-8-7-9-16(12-13)20-19(23)18-14(2)21-22(15(18)3)17-10-5-4-6-11-17/h4-12H,1-3H3,(H,20,23). The molecule has 0 unspecified atom stereocenters. The molecule has 1 amide bonds. The Hall–Kier alpha value is -2.88. The van der Waals surface area contributed by atoms with Crippen molar-refractivity contribution in [2.75, 3.05) is 5.32 Å². The van der Waals surface area contributed by atoms with Crippen LogP contribution in [0, 0.1) is 20.8 Å². The van der Waals surface area contributed by atoms with E-state index in [1.807, 2.05) is 75.4 Å². The van der Waals surface area contributed by atoms with Crippen LogP contribution in [-0.4, -0.2) is 15.7 Å². The van der Waals surface area contributed by atoms with E-state index in [4.69, 9.17) is 0 Å². The predicted octanol–water partition coefficient (Wildman–Crippen LogP) is 4.05. The van der Waals surface area contributed by atoms with Crippen molar-refractivity contribution in [3.8, 4) is 5.69 Å². The number of benzene rings is 2. The van der Waals surface area contributed by atoms with Crippen LogP contribution in [0.3, 0.4) is 0 Å². The van der Waals surface area contributed by atoms with Crippen LogP contribution in [0.2, 0.25) is 0 Å². The summed E-state index contributed by atoms with van der Waals surface area (Å²) in [6.07, 6.45) is 0.